The van der Waals surface area contributed by atoms with Gasteiger partial charge in [-0.1, -0.05) is 19.9 Å². The molecule has 0 aromatic rings. The smallest absolute Gasteiger partial charge is 0.224 e. The number of carbonyl (C=O) groups excluding carboxylic acids is 1. The second-order valence-electron chi connectivity index (χ2n) is 8.33. The fourth-order valence-corrected chi connectivity index (χ4v) is 6.17. The van der Waals surface area contributed by atoms with Crippen LogP contribution in [0.4, 0.5) is 0 Å². The van der Waals surface area contributed by atoms with Crippen LogP contribution in [0.15, 0.2) is 11.8 Å². The zero-order chi connectivity index (χ0) is 14.8. The van der Waals surface area contributed by atoms with E-state index in [9.17, 15) is 9.90 Å². The summed E-state index contributed by atoms with van der Waals surface area (Å²) in [5.74, 6) is 2.23. The van der Waals surface area contributed by atoms with Crippen LogP contribution in [0.2, 0.25) is 0 Å². The summed E-state index contributed by atoms with van der Waals surface area (Å²) in [4.78, 5) is 11.7. The van der Waals surface area contributed by atoms with Crippen LogP contribution in [0.3, 0.4) is 0 Å². The second-order valence-corrected chi connectivity index (χ2v) is 8.33. The van der Waals surface area contributed by atoms with Crippen molar-refractivity contribution in [2.75, 3.05) is 0 Å². The molecule has 3 aliphatic carbocycles. The van der Waals surface area contributed by atoms with Gasteiger partial charge in [0.1, 0.15) is 0 Å². The highest BCUT2D eigenvalue weighted by Gasteiger charge is 2.58. The molecule has 2 saturated carbocycles. The highest BCUT2D eigenvalue weighted by molar-refractivity contribution is 5.79. The summed E-state index contributed by atoms with van der Waals surface area (Å²) in [5.41, 5.74) is 1.49. The fraction of sp³-hybridized carbons (Fsp3) is 0.833. The minimum atomic E-state index is -0.104. The third kappa shape index (κ3) is 1.73. The quantitative estimate of drug-likeness (QED) is 0.720. The topological polar surface area (TPSA) is 49.3 Å². The summed E-state index contributed by atoms with van der Waals surface area (Å²) in [6, 6.07) is 0. The highest BCUT2D eigenvalue weighted by Crippen LogP contribution is 2.63. The number of nitrogens with one attached hydrogen (secondary N) is 1. The summed E-state index contributed by atoms with van der Waals surface area (Å²) in [6.07, 6.45) is 9.47. The number of rotatable bonds is 0. The molecule has 3 nitrogen and oxygen atoms in total. The van der Waals surface area contributed by atoms with Crippen LogP contribution in [-0.4, -0.2) is 17.1 Å². The molecule has 1 heterocycles. The Morgan fingerprint density at radius 2 is 2.00 bits per heavy atom. The molecule has 0 aromatic heterocycles. The Morgan fingerprint density at radius 3 is 2.81 bits per heavy atom. The van der Waals surface area contributed by atoms with Gasteiger partial charge in [-0.15, -0.1) is 0 Å². The molecular weight excluding hydrogens is 262 g/mol. The maximum atomic E-state index is 11.7. The minimum absolute atomic E-state index is 0.104. The van der Waals surface area contributed by atoms with Crippen molar-refractivity contribution in [2.24, 2.45) is 28.6 Å². The van der Waals surface area contributed by atoms with Gasteiger partial charge in [0.15, 0.2) is 0 Å². The monoisotopic (exact) mass is 289 g/mol. The van der Waals surface area contributed by atoms with Gasteiger partial charge in [0.05, 0.1) is 6.10 Å². The van der Waals surface area contributed by atoms with Crippen molar-refractivity contribution < 1.29 is 9.90 Å². The number of carbonyl (C=O) groups is 1. The molecule has 2 N–H and O–H groups in total. The van der Waals surface area contributed by atoms with E-state index in [1.54, 1.807) is 0 Å². The normalized spacial score (nSPS) is 52.3. The number of aliphatic hydroxyl groups is 1. The average Bonchev–Trinajstić information content (AvgIpc) is 2.76. The van der Waals surface area contributed by atoms with Crippen molar-refractivity contribution in [3.8, 4) is 0 Å². The van der Waals surface area contributed by atoms with E-state index in [0.717, 1.165) is 25.7 Å². The van der Waals surface area contributed by atoms with E-state index in [1.165, 1.54) is 18.5 Å². The lowest BCUT2D eigenvalue weighted by molar-refractivity contribution is -0.125. The summed E-state index contributed by atoms with van der Waals surface area (Å²) in [6.45, 7) is 4.68. The molecule has 116 valence electrons. The van der Waals surface area contributed by atoms with Gasteiger partial charge in [-0.2, -0.15) is 0 Å². The number of amides is 1. The zero-order valence-electron chi connectivity index (χ0n) is 13.2. The Kier molecular flexibility index (Phi) is 2.86. The predicted molar refractivity (Wildman–Crippen MR) is 81.2 cm³/mol. The molecule has 1 unspecified atom stereocenters. The Labute approximate surface area is 127 Å². The van der Waals surface area contributed by atoms with Crippen LogP contribution >= 0.6 is 0 Å². The molecule has 1 aliphatic heterocycles. The lowest BCUT2D eigenvalue weighted by Gasteiger charge is -2.56. The van der Waals surface area contributed by atoms with Gasteiger partial charge >= 0.3 is 0 Å². The van der Waals surface area contributed by atoms with Crippen LogP contribution < -0.4 is 5.32 Å². The first-order chi connectivity index (χ1) is 9.95. The fourth-order valence-electron chi connectivity index (χ4n) is 6.17. The SMILES string of the molecule is C[C@]12CCC(=O)NC1=CC[C@@H]1[C@H]2CC[C@]2(C)C(O)CC[C@@H]12. The van der Waals surface area contributed by atoms with Gasteiger partial charge in [-0.3, -0.25) is 4.79 Å². The Bertz CT molecular complexity index is 513. The molecule has 3 heteroatoms. The van der Waals surface area contributed by atoms with Crippen molar-refractivity contribution in [1.82, 2.24) is 5.32 Å². The number of fused-ring (bicyclic) bond motifs is 5. The van der Waals surface area contributed by atoms with Crippen LogP contribution in [-0.2, 0) is 4.79 Å². The highest BCUT2D eigenvalue weighted by atomic mass is 16.3. The number of hydrogen-bond acceptors (Lipinski definition) is 2. The molecule has 1 saturated heterocycles. The molecule has 0 aromatic carbocycles. The van der Waals surface area contributed by atoms with Crippen LogP contribution in [0.1, 0.15) is 58.8 Å². The summed E-state index contributed by atoms with van der Waals surface area (Å²) >= 11 is 0. The first kappa shape index (κ1) is 13.8. The van der Waals surface area contributed by atoms with Crippen molar-refractivity contribution in [1.29, 1.82) is 0 Å². The van der Waals surface area contributed by atoms with Gasteiger partial charge in [0.25, 0.3) is 0 Å². The Balaban J connectivity index is 1.69. The van der Waals surface area contributed by atoms with Gasteiger partial charge in [-0.05, 0) is 61.7 Å². The van der Waals surface area contributed by atoms with Crippen molar-refractivity contribution >= 4 is 5.91 Å². The molecule has 0 bridgehead atoms. The van der Waals surface area contributed by atoms with Gasteiger partial charge in [-0.25, -0.2) is 0 Å². The Hall–Kier alpha value is -0.830. The van der Waals surface area contributed by atoms with Crippen molar-refractivity contribution in [3.05, 3.63) is 11.8 Å². The van der Waals surface area contributed by atoms with Crippen molar-refractivity contribution in [3.63, 3.8) is 0 Å². The van der Waals surface area contributed by atoms with E-state index >= 15 is 0 Å². The molecule has 4 aliphatic rings. The van der Waals surface area contributed by atoms with Crippen LogP contribution in [0.5, 0.6) is 0 Å². The first-order valence-corrected chi connectivity index (χ1v) is 8.64. The molecular formula is C18H27NO2. The predicted octanol–water partition coefficient (Wildman–Crippen LogP) is 2.99. The standard InChI is InChI=1S/C18H27NO2/c1-17-10-8-16(21)19-14(17)5-3-11-12-4-6-15(20)18(12,2)9-7-13(11)17/h5,11-13,15,20H,3-4,6-10H2,1-2H3,(H,19,21)/t11-,12-,13+,15?,17+,18-/m0/s1. The van der Waals surface area contributed by atoms with Crippen LogP contribution in [0, 0.1) is 28.6 Å². The van der Waals surface area contributed by atoms with Crippen molar-refractivity contribution in [2.45, 2.75) is 64.9 Å². The molecule has 3 fully saturated rings. The average molecular weight is 289 g/mol. The number of allylic oxidation sites excluding steroid dienone is 2. The lowest BCUT2D eigenvalue weighted by atomic mass is 9.50. The van der Waals surface area contributed by atoms with E-state index in [2.05, 4.69) is 25.2 Å². The van der Waals surface area contributed by atoms with E-state index < -0.39 is 0 Å². The minimum Gasteiger partial charge on any atom is -0.393 e. The van der Waals surface area contributed by atoms with E-state index in [-0.39, 0.29) is 22.8 Å². The van der Waals surface area contributed by atoms with Gasteiger partial charge in [0, 0.05) is 17.5 Å². The Morgan fingerprint density at radius 1 is 1.19 bits per heavy atom. The molecule has 6 atom stereocenters. The number of piperidine rings is 1. The van der Waals surface area contributed by atoms with Crippen LogP contribution in [0.25, 0.3) is 0 Å². The summed E-state index contributed by atoms with van der Waals surface area (Å²) < 4.78 is 0. The largest absolute Gasteiger partial charge is 0.393 e. The first-order valence-electron chi connectivity index (χ1n) is 8.64. The maximum absolute atomic E-state index is 11.7. The number of aliphatic hydroxyl groups excluding tert-OH is 1. The van der Waals surface area contributed by atoms with Gasteiger partial charge < -0.3 is 10.4 Å². The summed E-state index contributed by atoms with van der Waals surface area (Å²) in [7, 11) is 0. The van der Waals surface area contributed by atoms with Gasteiger partial charge in [0.2, 0.25) is 5.91 Å². The third-order valence-electron chi connectivity index (χ3n) is 7.56. The van der Waals surface area contributed by atoms with E-state index in [0.29, 0.717) is 24.2 Å². The number of hydrogen-bond donors (Lipinski definition) is 2. The molecule has 0 radical (unpaired) electrons. The maximum Gasteiger partial charge on any atom is 0.224 e. The van der Waals surface area contributed by atoms with E-state index in [1.807, 2.05) is 0 Å². The lowest BCUT2D eigenvalue weighted by Crippen LogP contribution is -2.53. The second kappa shape index (κ2) is 4.34. The molecule has 0 spiro atoms. The molecule has 4 rings (SSSR count). The third-order valence-corrected chi connectivity index (χ3v) is 7.56. The van der Waals surface area contributed by atoms with E-state index in [4.69, 9.17) is 0 Å². The molecule has 1 amide bonds. The zero-order valence-corrected chi connectivity index (χ0v) is 13.2. The summed E-state index contributed by atoms with van der Waals surface area (Å²) in [5, 5.41) is 13.6. The molecule has 21 heavy (non-hydrogen) atoms.